The Balaban J connectivity index is 2.91. The lowest BCUT2D eigenvalue weighted by Gasteiger charge is -2.07. The van der Waals surface area contributed by atoms with Crippen molar-refractivity contribution in [3.63, 3.8) is 0 Å². The van der Waals surface area contributed by atoms with Gasteiger partial charge in [-0.3, -0.25) is 0 Å². The first-order valence-electron chi connectivity index (χ1n) is 4.23. The predicted molar refractivity (Wildman–Crippen MR) is 51.5 cm³/mol. The zero-order valence-corrected chi connectivity index (χ0v) is 8.28. The highest BCUT2D eigenvalue weighted by atomic mass is 32.2. The summed E-state index contributed by atoms with van der Waals surface area (Å²) in [4.78, 5) is 10.8. The third kappa shape index (κ3) is 1.83. The fraction of sp³-hybridized carbons (Fsp3) is 0.667. The molecule has 1 fully saturated rings. The smallest absolute Gasteiger partial charge is 0.331 e. The molecule has 2 nitrogen and oxygen atoms in total. The number of hydrogen-bond donors (Lipinski definition) is 1. The number of carboxylic acids is 1. The summed E-state index contributed by atoms with van der Waals surface area (Å²) in [5, 5.41) is 9.30. The van der Waals surface area contributed by atoms with Crippen molar-refractivity contribution >= 4 is 17.7 Å². The van der Waals surface area contributed by atoms with E-state index in [0.29, 0.717) is 17.2 Å². The molecule has 0 aromatic carbocycles. The lowest BCUT2D eigenvalue weighted by molar-refractivity contribution is -0.132. The average Bonchev–Trinajstić information content (AvgIpc) is 2.38. The minimum atomic E-state index is -0.734. The molecule has 0 saturated carbocycles. The number of hydrogen-bond acceptors (Lipinski definition) is 2. The summed E-state index contributed by atoms with van der Waals surface area (Å²) in [6.07, 6.45) is 1.61. The van der Waals surface area contributed by atoms with Crippen molar-refractivity contribution < 1.29 is 9.90 Å². The summed E-state index contributed by atoms with van der Waals surface area (Å²) in [5.74, 6) is 0.342. The van der Waals surface area contributed by atoms with Gasteiger partial charge in [0, 0.05) is 10.8 Å². The molecule has 1 N–H and O–H groups in total. The van der Waals surface area contributed by atoms with Gasteiger partial charge in [-0.05, 0) is 31.1 Å². The molecular formula is C9H14O2S. The quantitative estimate of drug-likeness (QED) is 0.672. The van der Waals surface area contributed by atoms with E-state index in [1.807, 2.05) is 18.7 Å². The molecule has 0 radical (unpaired) electrons. The molecule has 12 heavy (non-hydrogen) atoms. The van der Waals surface area contributed by atoms with Crippen molar-refractivity contribution in [2.75, 3.05) is 5.75 Å². The number of aliphatic carboxylic acids is 1. The van der Waals surface area contributed by atoms with Crippen LogP contribution in [0, 0.1) is 0 Å². The fourth-order valence-corrected chi connectivity index (χ4v) is 2.71. The molecule has 1 unspecified atom stereocenters. The van der Waals surface area contributed by atoms with Crippen LogP contribution in [-0.4, -0.2) is 22.1 Å². The van der Waals surface area contributed by atoms with Gasteiger partial charge < -0.3 is 5.11 Å². The van der Waals surface area contributed by atoms with Crippen molar-refractivity contribution in [1.29, 1.82) is 0 Å². The summed E-state index contributed by atoms with van der Waals surface area (Å²) in [7, 11) is 0. The third-order valence-electron chi connectivity index (χ3n) is 2.23. The Bertz CT molecular complexity index is 221. The van der Waals surface area contributed by atoms with Crippen LogP contribution in [0.3, 0.4) is 0 Å². The average molecular weight is 186 g/mol. The highest BCUT2D eigenvalue weighted by Crippen LogP contribution is 2.34. The van der Waals surface area contributed by atoms with E-state index in [1.54, 1.807) is 0 Å². The van der Waals surface area contributed by atoms with E-state index in [0.717, 1.165) is 17.7 Å². The van der Waals surface area contributed by atoms with E-state index >= 15 is 0 Å². The molecule has 0 aliphatic carbocycles. The second-order valence-corrected chi connectivity index (χ2v) is 4.37. The van der Waals surface area contributed by atoms with Gasteiger partial charge in [-0.2, -0.15) is 11.8 Å². The molecular weight excluding hydrogens is 172 g/mol. The van der Waals surface area contributed by atoms with Gasteiger partial charge in [-0.25, -0.2) is 4.79 Å². The Morgan fingerprint density at radius 1 is 1.75 bits per heavy atom. The van der Waals surface area contributed by atoms with Gasteiger partial charge in [0.25, 0.3) is 0 Å². The predicted octanol–water partition coefficient (Wildman–Crippen LogP) is 2.30. The van der Waals surface area contributed by atoms with E-state index in [1.165, 1.54) is 0 Å². The molecule has 0 aromatic rings. The van der Waals surface area contributed by atoms with Crippen LogP contribution in [-0.2, 0) is 4.79 Å². The first kappa shape index (κ1) is 9.65. The van der Waals surface area contributed by atoms with Crippen molar-refractivity contribution in [2.45, 2.75) is 31.9 Å². The highest BCUT2D eigenvalue weighted by molar-refractivity contribution is 8.00. The van der Waals surface area contributed by atoms with Gasteiger partial charge in [0.2, 0.25) is 0 Å². The third-order valence-corrected chi connectivity index (χ3v) is 3.45. The number of rotatable bonds is 2. The van der Waals surface area contributed by atoms with Gasteiger partial charge >= 0.3 is 5.97 Å². The van der Waals surface area contributed by atoms with Crippen molar-refractivity contribution in [1.82, 2.24) is 0 Å². The van der Waals surface area contributed by atoms with Crippen LogP contribution in [0.2, 0.25) is 0 Å². The molecule has 0 amide bonds. The summed E-state index contributed by atoms with van der Waals surface area (Å²) in [6.45, 7) is 4.00. The van der Waals surface area contributed by atoms with Gasteiger partial charge in [0.1, 0.15) is 0 Å². The maximum absolute atomic E-state index is 10.8. The Hall–Kier alpha value is -0.440. The van der Waals surface area contributed by atoms with Gasteiger partial charge in [-0.15, -0.1) is 0 Å². The standard InChI is InChI=1S/C9H14O2S/c1-3-7(9(10)11)8-4-5-12-6(8)2/h6H,3-5H2,1-2H3,(H,10,11)/b8-7-. The van der Waals surface area contributed by atoms with E-state index < -0.39 is 5.97 Å². The summed E-state index contributed by atoms with van der Waals surface area (Å²) in [5.41, 5.74) is 1.78. The zero-order valence-electron chi connectivity index (χ0n) is 7.46. The normalized spacial score (nSPS) is 27.3. The summed E-state index contributed by atoms with van der Waals surface area (Å²) in [6, 6.07) is 0. The Kier molecular flexibility index (Phi) is 3.20. The van der Waals surface area contributed by atoms with Crippen LogP contribution in [0.25, 0.3) is 0 Å². The lowest BCUT2D eigenvalue weighted by Crippen LogP contribution is -2.07. The number of carbonyl (C=O) groups is 1. The topological polar surface area (TPSA) is 37.3 Å². The largest absolute Gasteiger partial charge is 0.478 e. The summed E-state index contributed by atoms with van der Waals surface area (Å²) >= 11 is 1.85. The highest BCUT2D eigenvalue weighted by Gasteiger charge is 2.22. The van der Waals surface area contributed by atoms with Crippen molar-refractivity contribution in [3.8, 4) is 0 Å². The van der Waals surface area contributed by atoms with Crippen molar-refractivity contribution in [3.05, 3.63) is 11.1 Å². The first-order valence-corrected chi connectivity index (χ1v) is 5.28. The maximum atomic E-state index is 10.8. The molecule has 68 valence electrons. The SMILES string of the molecule is CC/C(C(=O)O)=C1\CCSC1C. The summed E-state index contributed by atoms with van der Waals surface area (Å²) < 4.78 is 0. The van der Waals surface area contributed by atoms with Crippen LogP contribution in [0.5, 0.6) is 0 Å². The van der Waals surface area contributed by atoms with Crippen LogP contribution in [0.1, 0.15) is 26.7 Å². The first-order chi connectivity index (χ1) is 5.66. The monoisotopic (exact) mass is 186 g/mol. The molecule has 1 atom stereocenters. The fourth-order valence-electron chi connectivity index (χ4n) is 1.56. The molecule has 0 bridgehead atoms. The van der Waals surface area contributed by atoms with E-state index in [2.05, 4.69) is 6.92 Å². The Morgan fingerprint density at radius 2 is 2.42 bits per heavy atom. The molecule has 0 aromatic heterocycles. The Morgan fingerprint density at radius 3 is 2.75 bits per heavy atom. The second kappa shape index (κ2) is 3.99. The number of thioether (sulfide) groups is 1. The molecule has 1 aliphatic rings. The van der Waals surface area contributed by atoms with Gasteiger partial charge in [0.05, 0.1) is 0 Å². The van der Waals surface area contributed by atoms with Crippen molar-refractivity contribution in [2.24, 2.45) is 0 Å². The molecule has 0 spiro atoms. The number of carboxylic acid groups (broad SMARTS) is 1. The zero-order chi connectivity index (χ0) is 9.14. The van der Waals surface area contributed by atoms with E-state index in [4.69, 9.17) is 5.11 Å². The van der Waals surface area contributed by atoms with Gasteiger partial charge in [-0.1, -0.05) is 6.92 Å². The molecule has 1 saturated heterocycles. The maximum Gasteiger partial charge on any atom is 0.331 e. The molecule has 1 aliphatic heterocycles. The molecule has 1 heterocycles. The minimum Gasteiger partial charge on any atom is -0.478 e. The molecule has 3 heteroatoms. The van der Waals surface area contributed by atoms with Crippen LogP contribution < -0.4 is 0 Å². The van der Waals surface area contributed by atoms with Crippen LogP contribution in [0.4, 0.5) is 0 Å². The van der Waals surface area contributed by atoms with Gasteiger partial charge in [0.15, 0.2) is 0 Å². The lowest BCUT2D eigenvalue weighted by atomic mass is 10.0. The molecule has 1 rings (SSSR count). The minimum absolute atomic E-state index is 0.413. The van der Waals surface area contributed by atoms with Crippen LogP contribution in [0.15, 0.2) is 11.1 Å². The van der Waals surface area contributed by atoms with Crippen LogP contribution >= 0.6 is 11.8 Å². The Labute approximate surface area is 77.0 Å². The van der Waals surface area contributed by atoms with E-state index in [-0.39, 0.29) is 0 Å². The van der Waals surface area contributed by atoms with E-state index in [9.17, 15) is 4.79 Å². The second-order valence-electron chi connectivity index (χ2n) is 2.93.